The molecule has 0 amide bonds. The van der Waals surface area contributed by atoms with Crippen molar-refractivity contribution < 1.29 is 32.4 Å². The summed E-state index contributed by atoms with van der Waals surface area (Å²) in [4.78, 5) is 14.1. The van der Waals surface area contributed by atoms with Crippen LogP contribution >= 0.6 is 0 Å². The molecular weight excluding hydrogens is 466 g/mol. The van der Waals surface area contributed by atoms with E-state index in [1.165, 1.54) is 12.3 Å². The number of hydrogen-bond acceptors (Lipinski definition) is 8. The number of aromatic nitrogens is 3. The van der Waals surface area contributed by atoms with E-state index in [0.29, 0.717) is 23.7 Å². The topological polar surface area (TPSA) is 115 Å². The van der Waals surface area contributed by atoms with Gasteiger partial charge in [-0.3, -0.25) is 4.57 Å². The Hall–Kier alpha value is -4.48. The van der Waals surface area contributed by atoms with Crippen molar-refractivity contribution >= 4 is 5.82 Å². The molecule has 1 aliphatic heterocycles. The molecule has 1 aliphatic rings. The van der Waals surface area contributed by atoms with Crippen molar-refractivity contribution in [3.8, 4) is 28.8 Å². The molecule has 0 spiro atoms. The van der Waals surface area contributed by atoms with E-state index in [4.69, 9.17) is 18.7 Å². The Bertz CT molecular complexity index is 1360. The first-order valence-electron chi connectivity index (χ1n) is 10.5. The van der Waals surface area contributed by atoms with Crippen LogP contribution in [0.25, 0.3) is 11.3 Å². The van der Waals surface area contributed by atoms with Gasteiger partial charge in [-0.15, -0.1) is 0 Å². The lowest BCUT2D eigenvalue weighted by atomic mass is 10.1. The van der Waals surface area contributed by atoms with Gasteiger partial charge in [0.1, 0.15) is 36.7 Å². The quantitative estimate of drug-likeness (QED) is 0.265. The zero-order chi connectivity index (χ0) is 24.6. The summed E-state index contributed by atoms with van der Waals surface area (Å²) in [6, 6.07) is 12.0. The summed E-state index contributed by atoms with van der Waals surface area (Å²) in [5.41, 5.74) is 0.588. The van der Waals surface area contributed by atoms with Crippen LogP contribution in [0.2, 0.25) is 0 Å². The summed E-state index contributed by atoms with van der Waals surface area (Å²) in [5, 5.41) is 14.8. The lowest BCUT2D eigenvalue weighted by molar-refractivity contribution is -0.389. The van der Waals surface area contributed by atoms with E-state index >= 15 is 0 Å². The fourth-order valence-corrected chi connectivity index (χ4v) is 3.57. The summed E-state index contributed by atoms with van der Waals surface area (Å²) in [5.74, 6) is -0.882. The Morgan fingerprint density at radius 2 is 1.97 bits per heavy atom. The molecule has 0 unspecified atom stereocenters. The van der Waals surface area contributed by atoms with Crippen LogP contribution in [0.4, 0.5) is 14.6 Å². The second kappa shape index (κ2) is 8.70. The minimum atomic E-state index is -0.802. The van der Waals surface area contributed by atoms with Gasteiger partial charge >= 0.3 is 11.8 Å². The zero-order valence-corrected chi connectivity index (χ0v) is 18.3. The zero-order valence-electron chi connectivity index (χ0n) is 18.3. The maximum Gasteiger partial charge on any atom is 0.415 e. The number of imidazole rings is 1. The van der Waals surface area contributed by atoms with Crippen LogP contribution in [0, 0.1) is 21.7 Å². The molecule has 3 heterocycles. The second-order valence-corrected chi connectivity index (χ2v) is 8.17. The molecule has 4 aromatic rings. The number of ether oxygens (including phenoxy) is 3. The molecule has 2 aromatic heterocycles. The van der Waals surface area contributed by atoms with Crippen molar-refractivity contribution in [1.82, 2.24) is 14.7 Å². The maximum absolute atomic E-state index is 13.7. The van der Waals surface area contributed by atoms with Crippen molar-refractivity contribution in [2.24, 2.45) is 0 Å². The van der Waals surface area contributed by atoms with Gasteiger partial charge in [0.15, 0.2) is 22.9 Å². The molecule has 0 saturated carbocycles. The minimum Gasteiger partial charge on any atom is -0.489 e. The molecular formula is C23H18F2N4O6. The Kier molecular flexibility index (Phi) is 5.55. The number of nitrogens with zero attached hydrogens (tertiary/aromatic N) is 4. The lowest BCUT2D eigenvalue weighted by Gasteiger charge is -2.22. The van der Waals surface area contributed by atoms with Gasteiger partial charge in [-0.05, 0) is 48.2 Å². The predicted octanol–water partition coefficient (Wildman–Crippen LogP) is 4.53. The molecule has 180 valence electrons. The number of fused-ring (bicyclic) bond motifs is 1. The van der Waals surface area contributed by atoms with E-state index in [0.717, 1.165) is 17.7 Å². The van der Waals surface area contributed by atoms with Crippen molar-refractivity contribution in [1.29, 1.82) is 0 Å². The molecule has 0 N–H and O–H groups in total. The molecule has 10 nitrogen and oxygen atoms in total. The van der Waals surface area contributed by atoms with E-state index in [1.54, 1.807) is 34.9 Å². The largest absolute Gasteiger partial charge is 0.489 e. The third kappa shape index (κ3) is 4.76. The summed E-state index contributed by atoms with van der Waals surface area (Å²) in [6.45, 7) is 2.33. The molecule has 35 heavy (non-hydrogen) atoms. The third-order valence-electron chi connectivity index (χ3n) is 5.27. The summed E-state index contributed by atoms with van der Waals surface area (Å²) in [6.07, 6.45) is 1.34. The summed E-state index contributed by atoms with van der Waals surface area (Å²) >= 11 is 0. The molecule has 0 saturated heterocycles. The molecule has 12 heteroatoms. The van der Waals surface area contributed by atoms with Crippen LogP contribution in [-0.2, 0) is 13.2 Å². The Morgan fingerprint density at radius 1 is 1.17 bits per heavy atom. The van der Waals surface area contributed by atoms with Gasteiger partial charge in [-0.2, -0.15) is 0 Å². The molecule has 2 aromatic carbocycles. The van der Waals surface area contributed by atoms with E-state index < -0.39 is 22.2 Å². The van der Waals surface area contributed by atoms with Crippen LogP contribution in [0.3, 0.4) is 0 Å². The number of nitro groups is 1. The molecule has 0 radical (unpaired) electrons. The molecule has 5 rings (SSSR count). The highest BCUT2D eigenvalue weighted by Crippen LogP contribution is 2.32. The fraction of sp³-hybridized carbons (Fsp3) is 0.217. The van der Waals surface area contributed by atoms with E-state index in [1.807, 2.05) is 6.92 Å². The van der Waals surface area contributed by atoms with Crippen LogP contribution in [0.1, 0.15) is 12.7 Å². The normalized spacial score (nSPS) is 16.5. The Balaban J connectivity index is 1.16. The van der Waals surface area contributed by atoms with Gasteiger partial charge in [0, 0.05) is 22.7 Å². The SMILES string of the molecule is C[C@]1(COc2ccc(-c3cc(COc4ccc(F)cc4F)on3)cc2)Cn2cc([N+](=O)[O-])nc2O1. The number of hydrogen-bond donors (Lipinski definition) is 0. The highest BCUT2D eigenvalue weighted by Gasteiger charge is 2.41. The Morgan fingerprint density at radius 3 is 2.69 bits per heavy atom. The molecule has 0 bridgehead atoms. The van der Waals surface area contributed by atoms with Crippen LogP contribution in [-0.4, -0.2) is 31.8 Å². The van der Waals surface area contributed by atoms with Gasteiger partial charge in [0.2, 0.25) is 0 Å². The first kappa shape index (κ1) is 22.3. The number of rotatable bonds is 8. The minimum absolute atomic E-state index is 0.0734. The lowest BCUT2D eigenvalue weighted by Crippen LogP contribution is -2.38. The van der Waals surface area contributed by atoms with Gasteiger partial charge in [-0.1, -0.05) is 5.16 Å². The predicted molar refractivity (Wildman–Crippen MR) is 116 cm³/mol. The van der Waals surface area contributed by atoms with Crippen molar-refractivity contribution in [3.05, 3.63) is 82.2 Å². The van der Waals surface area contributed by atoms with Crippen LogP contribution in [0.5, 0.6) is 17.5 Å². The van der Waals surface area contributed by atoms with Crippen molar-refractivity contribution in [3.63, 3.8) is 0 Å². The second-order valence-electron chi connectivity index (χ2n) is 8.17. The van der Waals surface area contributed by atoms with Gasteiger partial charge in [-0.25, -0.2) is 8.78 Å². The first-order valence-corrected chi connectivity index (χ1v) is 10.5. The highest BCUT2D eigenvalue weighted by atomic mass is 19.1. The highest BCUT2D eigenvalue weighted by molar-refractivity contribution is 5.59. The standard InChI is InChI=1S/C23H18F2N4O6/c1-23(12-28-10-21(29(30)31)26-22(28)34-23)13-33-16-5-2-14(3-6-16)19-9-17(35-27-19)11-32-20-7-4-15(24)8-18(20)25/h2-10H,11-13H2,1H3/t23-/m1/s1. The Labute approximate surface area is 196 Å². The average Bonchev–Trinajstić information content (AvgIpc) is 3.52. The molecule has 0 fully saturated rings. The average molecular weight is 484 g/mol. The smallest absolute Gasteiger partial charge is 0.415 e. The molecule has 0 aliphatic carbocycles. The van der Waals surface area contributed by atoms with Gasteiger partial charge < -0.3 is 28.8 Å². The van der Waals surface area contributed by atoms with Crippen molar-refractivity contribution in [2.45, 2.75) is 25.7 Å². The summed E-state index contributed by atoms with van der Waals surface area (Å²) < 4.78 is 50.4. The third-order valence-corrected chi connectivity index (χ3v) is 5.27. The van der Waals surface area contributed by atoms with Crippen LogP contribution < -0.4 is 14.2 Å². The first-order chi connectivity index (χ1) is 16.8. The van der Waals surface area contributed by atoms with Gasteiger partial charge in [0.25, 0.3) is 0 Å². The number of halogens is 2. The molecule has 1 atom stereocenters. The van der Waals surface area contributed by atoms with Crippen molar-refractivity contribution in [2.75, 3.05) is 6.61 Å². The summed E-state index contributed by atoms with van der Waals surface area (Å²) in [7, 11) is 0. The fourth-order valence-electron chi connectivity index (χ4n) is 3.57. The monoisotopic (exact) mass is 484 g/mol. The van der Waals surface area contributed by atoms with E-state index in [2.05, 4.69) is 10.1 Å². The van der Waals surface area contributed by atoms with E-state index in [-0.39, 0.29) is 30.8 Å². The maximum atomic E-state index is 13.7. The van der Waals surface area contributed by atoms with E-state index in [9.17, 15) is 18.9 Å². The van der Waals surface area contributed by atoms with Crippen LogP contribution in [0.15, 0.2) is 59.3 Å². The number of benzene rings is 2. The van der Waals surface area contributed by atoms with Gasteiger partial charge in [0.05, 0.1) is 6.54 Å².